The first-order valence-electron chi connectivity index (χ1n) is 5.82. The van der Waals surface area contributed by atoms with Crippen LogP contribution < -0.4 is 0 Å². The Balaban J connectivity index is 2.59. The second-order valence-electron chi connectivity index (χ2n) is 3.85. The van der Waals surface area contributed by atoms with Gasteiger partial charge >= 0.3 is 0 Å². The van der Waals surface area contributed by atoms with Crippen LogP contribution in [0.25, 0.3) is 5.57 Å². The minimum absolute atomic E-state index is 0.782. The first kappa shape index (κ1) is 13.2. The van der Waals surface area contributed by atoms with Gasteiger partial charge in [0, 0.05) is 11.1 Å². The maximum atomic E-state index is 5.20. The van der Waals surface area contributed by atoms with Crippen molar-refractivity contribution in [1.82, 2.24) is 0 Å². The zero-order valence-corrected chi connectivity index (χ0v) is 11.4. The van der Waals surface area contributed by atoms with E-state index in [2.05, 4.69) is 10.2 Å². The molecule has 0 N–H and O–H groups in total. The van der Waals surface area contributed by atoms with E-state index in [0.717, 1.165) is 22.4 Å². The van der Waals surface area contributed by atoms with Gasteiger partial charge in [-0.1, -0.05) is 48.5 Å². The van der Waals surface area contributed by atoms with Crippen LogP contribution in [0.1, 0.15) is 11.1 Å². The number of hydrogen-bond acceptors (Lipinski definition) is 3. The summed E-state index contributed by atoms with van der Waals surface area (Å²) >= 11 is 4.69. The topological polar surface area (TPSA) is 21.6 Å². The van der Waals surface area contributed by atoms with Gasteiger partial charge in [0.2, 0.25) is 0 Å². The van der Waals surface area contributed by atoms with E-state index in [1.165, 1.54) is 0 Å². The molecular weight excluding hydrogens is 254 g/mol. The minimum Gasteiger partial charge on any atom is -0.504 e. The molecular formula is C16H13NOS. The van der Waals surface area contributed by atoms with Crippen LogP contribution in [0.5, 0.6) is 0 Å². The highest BCUT2D eigenvalue weighted by Gasteiger charge is 2.09. The summed E-state index contributed by atoms with van der Waals surface area (Å²) < 4.78 is 5.20. The molecule has 3 heteroatoms. The smallest absolute Gasteiger partial charge is 0.0909 e. The molecule has 0 saturated heterocycles. The number of para-hydroxylation sites is 1. The molecule has 0 atom stereocenters. The molecule has 2 nitrogen and oxygen atoms in total. The second kappa shape index (κ2) is 6.64. The molecule has 0 amide bonds. The molecule has 0 unspecified atom stereocenters. The number of hydrogen-bond donors (Lipinski definition) is 0. The fourth-order valence-corrected chi connectivity index (χ4v) is 1.97. The molecule has 0 aliphatic carbocycles. The maximum absolute atomic E-state index is 5.20. The van der Waals surface area contributed by atoms with Crippen molar-refractivity contribution in [2.24, 2.45) is 4.99 Å². The predicted molar refractivity (Wildman–Crippen MR) is 81.7 cm³/mol. The predicted octanol–water partition coefficient (Wildman–Crippen LogP) is 4.46. The van der Waals surface area contributed by atoms with Gasteiger partial charge in [0.25, 0.3) is 0 Å². The SMILES string of the molecule is CO/C=C(\c1ccccc1)c1ccccc1N=C=S. The van der Waals surface area contributed by atoms with E-state index in [-0.39, 0.29) is 0 Å². The average Bonchev–Trinajstić information content (AvgIpc) is 2.47. The Hall–Kier alpha value is -2.22. The van der Waals surface area contributed by atoms with Gasteiger partial charge < -0.3 is 4.74 Å². The molecule has 2 aromatic carbocycles. The van der Waals surface area contributed by atoms with Crippen molar-refractivity contribution in [1.29, 1.82) is 0 Å². The van der Waals surface area contributed by atoms with Crippen molar-refractivity contribution in [3.8, 4) is 0 Å². The summed E-state index contributed by atoms with van der Waals surface area (Å²) in [7, 11) is 1.63. The molecule has 0 aromatic heterocycles. The number of methoxy groups -OCH3 is 1. The van der Waals surface area contributed by atoms with E-state index < -0.39 is 0 Å². The Labute approximate surface area is 118 Å². The van der Waals surface area contributed by atoms with Crippen LogP contribution in [-0.2, 0) is 4.74 Å². The van der Waals surface area contributed by atoms with Crippen molar-refractivity contribution in [2.75, 3.05) is 7.11 Å². The molecule has 0 radical (unpaired) electrons. The van der Waals surface area contributed by atoms with Gasteiger partial charge in [0.15, 0.2) is 0 Å². The molecule has 0 fully saturated rings. The van der Waals surface area contributed by atoms with E-state index in [1.807, 2.05) is 54.6 Å². The summed E-state index contributed by atoms with van der Waals surface area (Å²) in [6, 6.07) is 17.8. The molecule has 0 spiro atoms. The number of thiocarbonyl (C=S) groups is 1. The van der Waals surface area contributed by atoms with Crippen LogP contribution in [0.4, 0.5) is 5.69 Å². The minimum atomic E-state index is 0.782. The van der Waals surface area contributed by atoms with E-state index in [1.54, 1.807) is 13.4 Å². The highest BCUT2D eigenvalue weighted by atomic mass is 32.1. The molecule has 19 heavy (non-hydrogen) atoms. The standard InChI is InChI=1S/C16H13NOS/c1-18-11-15(13-7-3-2-4-8-13)14-9-5-6-10-16(14)17-12-19/h2-11H,1H3/b15-11+. The van der Waals surface area contributed by atoms with E-state index in [4.69, 9.17) is 17.0 Å². The third kappa shape index (κ3) is 3.16. The van der Waals surface area contributed by atoms with E-state index in [9.17, 15) is 0 Å². The van der Waals surface area contributed by atoms with Crippen LogP contribution >= 0.6 is 12.2 Å². The molecule has 0 saturated carbocycles. The van der Waals surface area contributed by atoms with Crippen LogP contribution in [0.3, 0.4) is 0 Å². The number of isothiocyanates is 1. The molecule has 0 aliphatic heterocycles. The van der Waals surface area contributed by atoms with Gasteiger partial charge in [-0.15, -0.1) is 0 Å². The summed E-state index contributed by atoms with van der Waals surface area (Å²) in [6.07, 6.45) is 1.72. The Bertz CT molecular complexity index is 628. The number of benzene rings is 2. The number of rotatable bonds is 4. The van der Waals surface area contributed by atoms with Crippen LogP contribution in [0, 0.1) is 0 Å². The number of ether oxygens (including phenoxy) is 1. The molecule has 0 aliphatic rings. The van der Waals surface area contributed by atoms with Gasteiger partial charge in [-0.2, -0.15) is 4.99 Å². The van der Waals surface area contributed by atoms with Gasteiger partial charge in [-0.3, -0.25) is 0 Å². The van der Waals surface area contributed by atoms with Crippen molar-refractivity contribution in [3.63, 3.8) is 0 Å². The Morgan fingerprint density at radius 3 is 2.47 bits per heavy atom. The zero-order chi connectivity index (χ0) is 13.5. The van der Waals surface area contributed by atoms with Crippen molar-refractivity contribution in [3.05, 3.63) is 72.0 Å². The fourth-order valence-electron chi connectivity index (χ4n) is 1.87. The molecule has 94 valence electrons. The maximum Gasteiger partial charge on any atom is 0.0909 e. The molecule has 2 rings (SSSR count). The van der Waals surface area contributed by atoms with Crippen molar-refractivity contribution < 1.29 is 4.74 Å². The second-order valence-corrected chi connectivity index (χ2v) is 4.04. The van der Waals surface area contributed by atoms with E-state index >= 15 is 0 Å². The third-order valence-corrected chi connectivity index (χ3v) is 2.77. The molecule has 0 bridgehead atoms. The van der Waals surface area contributed by atoms with E-state index in [0.29, 0.717) is 0 Å². The fraction of sp³-hybridized carbons (Fsp3) is 0.0625. The first-order chi connectivity index (χ1) is 9.36. The Kier molecular flexibility index (Phi) is 4.62. The lowest BCUT2D eigenvalue weighted by molar-refractivity contribution is 0.340. The summed E-state index contributed by atoms with van der Waals surface area (Å²) in [5.74, 6) is 0. The highest BCUT2D eigenvalue weighted by Crippen LogP contribution is 2.30. The normalized spacial score (nSPS) is 10.7. The molecule has 2 aromatic rings. The Morgan fingerprint density at radius 1 is 1.11 bits per heavy atom. The summed E-state index contributed by atoms with van der Waals surface area (Å²) in [5, 5.41) is 2.41. The largest absolute Gasteiger partial charge is 0.504 e. The highest BCUT2D eigenvalue weighted by molar-refractivity contribution is 7.78. The lowest BCUT2D eigenvalue weighted by atomic mass is 9.98. The monoisotopic (exact) mass is 267 g/mol. The number of nitrogens with zero attached hydrogens (tertiary/aromatic N) is 1. The zero-order valence-electron chi connectivity index (χ0n) is 10.5. The summed E-state index contributed by atoms with van der Waals surface area (Å²) in [5.41, 5.74) is 3.78. The van der Waals surface area contributed by atoms with Crippen LogP contribution in [-0.4, -0.2) is 12.3 Å². The van der Waals surface area contributed by atoms with Gasteiger partial charge in [0.05, 0.1) is 24.2 Å². The van der Waals surface area contributed by atoms with Gasteiger partial charge in [-0.05, 0) is 23.8 Å². The number of aliphatic imine (C=N–C) groups is 1. The van der Waals surface area contributed by atoms with Gasteiger partial charge in [0.1, 0.15) is 0 Å². The van der Waals surface area contributed by atoms with Crippen molar-refractivity contribution >= 4 is 28.6 Å². The summed E-state index contributed by atoms with van der Waals surface area (Å²) in [6.45, 7) is 0. The Morgan fingerprint density at radius 2 is 1.79 bits per heavy atom. The first-order valence-corrected chi connectivity index (χ1v) is 6.23. The average molecular weight is 267 g/mol. The quantitative estimate of drug-likeness (QED) is 0.463. The van der Waals surface area contributed by atoms with Crippen molar-refractivity contribution in [2.45, 2.75) is 0 Å². The third-order valence-electron chi connectivity index (χ3n) is 2.68. The van der Waals surface area contributed by atoms with Crippen LogP contribution in [0.2, 0.25) is 0 Å². The lowest BCUT2D eigenvalue weighted by Crippen LogP contribution is -1.89. The summed E-state index contributed by atoms with van der Waals surface area (Å²) in [4.78, 5) is 4.10. The molecule has 0 heterocycles. The van der Waals surface area contributed by atoms with Gasteiger partial charge in [-0.25, -0.2) is 0 Å². The lowest BCUT2D eigenvalue weighted by Gasteiger charge is -2.10. The van der Waals surface area contributed by atoms with Crippen LogP contribution in [0.15, 0.2) is 65.9 Å².